The minimum Gasteiger partial charge on any atom is -0.443 e. The molecule has 3 aromatic heterocycles. The molecule has 0 aliphatic rings. The van der Waals surface area contributed by atoms with Gasteiger partial charge in [-0.25, -0.2) is 14.5 Å². The first kappa shape index (κ1) is 11.1. The van der Waals surface area contributed by atoms with E-state index in [0.717, 1.165) is 33.7 Å². The summed E-state index contributed by atoms with van der Waals surface area (Å²) < 4.78 is 7.08. The third-order valence-electron chi connectivity index (χ3n) is 3.27. The van der Waals surface area contributed by atoms with Crippen molar-refractivity contribution in [1.82, 2.24) is 19.6 Å². The number of fused-ring (bicyclic) bond motifs is 2. The van der Waals surface area contributed by atoms with Gasteiger partial charge in [-0.1, -0.05) is 6.07 Å². The molecule has 3 heterocycles. The lowest BCUT2D eigenvalue weighted by Gasteiger charge is -2.03. The highest BCUT2D eigenvalue weighted by Gasteiger charge is 2.07. The van der Waals surface area contributed by atoms with Crippen molar-refractivity contribution in [1.29, 1.82) is 0 Å². The molecule has 0 atom stereocenters. The standard InChI is InChI=1S/C14H11N5O/c15-6-10-7-16-14-4-3-11(18-19(10)14)9-1-2-12-13(5-9)20-8-17-12/h1-5,7-8H,6,15H2. The van der Waals surface area contributed by atoms with Crippen molar-refractivity contribution in [3.8, 4) is 11.3 Å². The zero-order valence-electron chi connectivity index (χ0n) is 10.5. The van der Waals surface area contributed by atoms with Gasteiger partial charge in [0.1, 0.15) is 5.52 Å². The molecule has 0 aliphatic heterocycles. The Morgan fingerprint density at radius 1 is 1.15 bits per heavy atom. The van der Waals surface area contributed by atoms with Crippen LogP contribution in [0.2, 0.25) is 0 Å². The summed E-state index contributed by atoms with van der Waals surface area (Å²) in [6.45, 7) is 0.402. The Labute approximate surface area is 113 Å². The van der Waals surface area contributed by atoms with E-state index in [2.05, 4.69) is 15.1 Å². The van der Waals surface area contributed by atoms with Crippen molar-refractivity contribution < 1.29 is 4.42 Å². The van der Waals surface area contributed by atoms with Crippen molar-refractivity contribution in [2.24, 2.45) is 5.73 Å². The second-order valence-electron chi connectivity index (χ2n) is 4.48. The van der Waals surface area contributed by atoms with Crippen LogP contribution in [0.4, 0.5) is 0 Å². The maximum Gasteiger partial charge on any atom is 0.181 e. The maximum atomic E-state index is 5.69. The van der Waals surface area contributed by atoms with Crippen LogP contribution in [-0.4, -0.2) is 19.6 Å². The molecular formula is C14H11N5O. The summed E-state index contributed by atoms with van der Waals surface area (Å²) in [5, 5.41) is 4.58. The number of hydrogen-bond acceptors (Lipinski definition) is 5. The molecule has 0 amide bonds. The number of hydrogen-bond donors (Lipinski definition) is 1. The normalized spacial score (nSPS) is 11.4. The number of nitrogens with zero attached hydrogens (tertiary/aromatic N) is 4. The van der Waals surface area contributed by atoms with Gasteiger partial charge in [0, 0.05) is 12.1 Å². The number of rotatable bonds is 2. The van der Waals surface area contributed by atoms with Gasteiger partial charge < -0.3 is 10.2 Å². The first-order chi connectivity index (χ1) is 9.85. The molecule has 0 fully saturated rings. The fraction of sp³-hybridized carbons (Fsp3) is 0.0714. The molecule has 4 aromatic rings. The molecular weight excluding hydrogens is 254 g/mol. The van der Waals surface area contributed by atoms with E-state index in [4.69, 9.17) is 10.2 Å². The third kappa shape index (κ3) is 1.59. The SMILES string of the molecule is NCc1cnc2ccc(-c3ccc4ncoc4c3)nn12. The van der Waals surface area contributed by atoms with E-state index in [1.165, 1.54) is 6.39 Å². The van der Waals surface area contributed by atoms with Crippen LogP contribution >= 0.6 is 0 Å². The van der Waals surface area contributed by atoms with Gasteiger partial charge in [-0.3, -0.25) is 0 Å². The molecule has 0 spiro atoms. The Kier molecular flexibility index (Phi) is 2.30. The van der Waals surface area contributed by atoms with Crippen molar-refractivity contribution >= 4 is 16.7 Å². The van der Waals surface area contributed by atoms with Gasteiger partial charge >= 0.3 is 0 Å². The number of imidazole rings is 1. The second-order valence-corrected chi connectivity index (χ2v) is 4.48. The van der Waals surface area contributed by atoms with Crippen molar-refractivity contribution in [2.75, 3.05) is 0 Å². The van der Waals surface area contributed by atoms with Crippen molar-refractivity contribution in [3.05, 3.63) is 48.6 Å². The quantitative estimate of drug-likeness (QED) is 0.599. The minimum absolute atomic E-state index is 0.402. The van der Waals surface area contributed by atoms with Crippen molar-refractivity contribution in [3.63, 3.8) is 0 Å². The molecule has 0 aliphatic carbocycles. The Morgan fingerprint density at radius 3 is 3.00 bits per heavy atom. The molecule has 4 rings (SSSR count). The van der Waals surface area contributed by atoms with Gasteiger partial charge in [-0.05, 0) is 24.3 Å². The largest absolute Gasteiger partial charge is 0.443 e. The monoisotopic (exact) mass is 265 g/mol. The average molecular weight is 265 g/mol. The predicted molar refractivity (Wildman–Crippen MR) is 73.9 cm³/mol. The summed E-state index contributed by atoms with van der Waals surface area (Å²) in [5.41, 5.74) is 10.7. The highest BCUT2D eigenvalue weighted by molar-refractivity contribution is 5.78. The molecule has 0 saturated heterocycles. The first-order valence-corrected chi connectivity index (χ1v) is 6.22. The topological polar surface area (TPSA) is 82.2 Å². The van der Waals surface area contributed by atoms with E-state index in [1.54, 1.807) is 10.7 Å². The Bertz CT molecular complexity index is 908. The van der Waals surface area contributed by atoms with Gasteiger partial charge in [-0.15, -0.1) is 0 Å². The van der Waals surface area contributed by atoms with Crippen LogP contribution in [0.15, 0.2) is 47.3 Å². The molecule has 0 bridgehead atoms. The van der Waals surface area contributed by atoms with Crippen LogP contribution in [0, 0.1) is 0 Å². The molecule has 0 unspecified atom stereocenters. The number of nitrogens with two attached hydrogens (primary N) is 1. The maximum absolute atomic E-state index is 5.69. The third-order valence-corrected chi connectivity index (χ3v) is 3.27. The van der Waals surface area contributed by atoms with Crippen LogP contribution in [0.3, 0.4) is 0 Å². The molecule has 1 aromatic carbocycles. The highest BCUT2D eigenvalue weighted by Crippen LogP contribution is 2.22. The van der Waals surface area contributed by atoms with Crippen LogP contribution < -0.4 is 5.73 Å². The first-order valence-electron chi connectivity index (χ1n) is 6.22. The van der Waals surface area contributed by atoms with Gasteiger partial charge in [0.25, 0.3) is 0 Å². The Hall–Kier alpha value is -2.73. The minimum atomic E-state index is 0.402. The average Bonchev–Trinajstić information content (AvgIpc) is 3.12. The zero-order chi connectivity index (χ0) is 13.5. The summed E-state index contributed by atoms with van der Waals surface area (Å²) in [7, 11) is 0. The predicted octanol–water partition coefficient (Wildman–Crippen LogP) is 2.00. The summed E-state index contributed by atoms with van der Waals surface area (Å²) >= 11 is 0. The van der Waals surface area contributed by atoms with Crippen LogP contribution in [0.5, 0.6) is 0 Å². The second kappa shape index (κ2) is 4.14. The zero-order valence-corrected chi connectivity index (χ0v) is 10.5. The molecule has 6 nitrogen and oxygen atoms in total. The molecule has 2 N–H and O–H groups in total. The smallest absolute Gasteiger partial charge is 0.181 e. The van der Waals surface area contributed by atoms with E-state index >= 15 is 0 Å². The Morgan fingerprint density at radius 2 is 2.10 bits per heavy atom. The van der Waals surface area contributed by atoms with E-state index in [-0.39, 0.29) is 0 Å². The molecule has 0 radical (unpaired) electrons. The Balaban J connectivity index is 1.91. The van der Waals surface area contributed by atoms with Crippen LogP contribution in [0.25, 0.3) is 28.0 Å². The fourth-order valence-electron chi connectivity index (χ4n) is 2.23. The number of benzene rings is 1. The van der Waals surface area contributed by atoms with Gasteiger partial charge in [-0.2, -0.15) is 5.10 Å². The molecule has 98 valence electrons. The summed E-state index contributed by atoms with van der Waals surface area (Å²) in [5.74, 6) is 0. The van der Waals surface area contributed by atoms with E-state index in [0.29, 0.717) is 6.54 Å². The molecule has 6 heteroatoms. The number of aromatic nitrogens is 4. The van der Waals surface area contributed by atoms with Crippen molar-refractivity contribution in [2.45, 2.75) is 6.54 Å². The molecule has 20 heavy (non-hydrogen) atoms. The van der Waals surface area contributed by atoms with E-state index < -0.39 is 0 Å². The lowest BCUT2D eigenvalue weighted by molar-refractivity contribution is 0.602. The summed E-state index contributed by atoms with van der Waals surface area (Å²) in [6, 6.07) is 9.66. The lowest BCUT2D eigenvalue weighted by Crippen LogP contribution is -2.04. The van der Waals surface area contributed by atoms with Crippen LogP contribution in [-0.2, 0) is 6.54 Å². The summed E-state index contributed by atoms with van der Waals surface area (Å²) in [4.78, 5) is 8.36. The lowest BCUT2D eigenvalue weighted by atomic mass is 10.1. The van der Waals surface area contributed by atoms with Gasteiger partial charge in [0.15, 0.2) is 17.6 Å². The van der Waals surface area contributed by atoms with E-state index in [1.807, 2.05) is 30.3 Å². The highest BCUT2D eigenvalue weighted by atomic mass is 16.3. The van der Waals surface area contributed by atoms with E-state index in [9.17, 15) is 0 Å². The number of oxazole rings is 1. The van der Waals surface area contributed by atoms with Crippen LogP contribution in [0.1, 0.15) is 5.69 Å². The van der Waals surface area contributed by atoms with Gasteiger partial charge in [0.2, 0.25) is 0 Å². The molecule has 0 saturated carbocycles. The summed E-state index contributed by atoms with van der Waals surface area (Å²) in [6.07, 6.45) is 3.18. The van der Waals surface area contributed by atoms with Gasteiger partial charge in [0.05, 0.1) is 17.6 Å². The fourth-order valence-corrected chi connectivity index (χ4v) is 2.23.